The molecule has 1 heterocycles. The van der Waals surface area contributed by atoms with Gasteiger partial charge in [-0.15, -0.1) is 0 Å². The number of fused-ring (bicyclic) bond motifs is 1. The van der Waals surface area contributed by atoms with E-state index in [0.29, 0.717) is 6.54 Å². The molecule has 0 radical (unpaired) electrons. The van der Waals surface area contributed by atoms with Crippen molar-refractivity contribution in [1.29, 1.82) is 0 Å². The van der Waals surface area contributed by atoms with Gasteiger partial charge in [-0.25, -0.2) is 8.42 Å². The first-order chi connectivity index (χ1) is 8.53. The van der Waals surface area contributed by atoms with Crippen LogP contribution in [0.4, 0.5) is 0 Å². The zero-order valence-electron chi connectivity index (χ0n) is 10.5. The number of nitrogens with zero attached hydrogens (tertiary/aromatic N) is 2. The molecule has 0 bridgehead atoms. The van der Waals surface area contributed by atoms with Crippen LogP contribution >= 0.6 is 0 Å². The predicted octanol–water partition coefficient (Wildman–Crippen LogP) is 2.02. The van der Waals surface area contributed by atoms with Crippen LogP contribution in [0.1, 0.15) is 12.6 Å². The number of hydrogen-bond donors (Lipinski definition) is 0. The largest absolute Gasteiger partial charge is 0.251 e. The molecule has 1 aromatic heterocycles. The molecule has 5 heteroatoms. The Balaban J connectivity index is 2.27. The Morgan fingerprint density at radius 3 is 2.61 bits per heavy atom. The predicted molar refractivity (Wildman–Crippen MR) is 72.7 cm³/mol. The van der Waals surface area contributed by atoms with Gasteiger partial charge < -0.3 is 0 Å². The molecule has 0 aliphatic carbocycles. The van der Waals surface area contributed by atoms with Crippen LogP contribution in [0.5, 0.6) is 0 Å². The molecule has 0 amide bonds. The maximum absolute atomic E-state index is 11.7. The van der Waals surface area contributed by atoms with Crippen molar-refractivity contribution in [3.8, 4) is 0 Å². The summed E-state index contributed by atoms with van der Waals surface area (Å²) in [4.78, 5) is 4.46. The number of benzene rings is 1. The van der Waals surface area contributed by atoms with E-state index in [1.165, 1.54) is 4.31 Å². The average molecular weight is 264 g/mol. The minimum atomic E-state index is -3.16. The molecular formula is C13H16N2O2S. The highest BCUT2D eigenvalue weighted by Gasteiger charge is 2.15. The smallest absolute Gasteiger partial charge is 0.213 e. The van der Waals surface area contributed by atoms with Crippen LogP contribution in [0.15, 0.2) is 36.4 Å². The average Bonchev–Trinajstić information content (AvgIpc) is 2.38. The fourth-order valence-electron chi connectivity index (χ4n) is 1.74. The number of rotatable bonds is 4. The molecule has 0 unspecified atom stereocenters. The maximum Gasteiger partial charge on any atom is 0.213 e. The van der Waals surface area contributed by atoms with E-state index in [9.17, 15) is 8.42 Å². The molecule has 0 N–H and O–H groups in total. The molecule has 18 heavy (non-hydrogen) atoms. The Hall–Kier alpha value is -1.46. The van der Waals surface area contributed by atoms with Crippen LogP contribution in [0.3, 0.4) is 0 Å². The second-order valence-electron chi connectivity index (χ2n) is 4.15. The van der Waals surface area contributed by atoms with Gasteiger partial charge in [0.1, 0.15) is 0 Å². The Bertz CT molecular complexity index is 653. The molecule has 0 aliphatic rings. The van der Waals surface area contributed by atoms with Crippen molar-refractivity contribution in [3.05, 3.63) is 42.1 Å². The van der Waals surface area contributed by atoms with Crippen LogP contribution in [-0.2, 0) is 16.6 Å². The molecule has 0 aliphatic heterocycles. The third kappa shape index (κ3) is 2.68. The molecule has 0 fully saturated rings. The van der Waals surface area contributed by atoms with Crippen molar-refractivity contribution in [2.24, 2.45) is 0 Å². The van der Waals surface area contributed by atoms with Crippen LogP contribution < -0.4 is 0 Å². The lowest BCUT2D eigenvalue weighted by atomic mass is 10.2. The molecule has 96 valence electrons. The molecule has 0 saturated heterocycles. The first kappa shape index (κ1) is 13.0. The van der Waals surface area contributed by atoms with Crippen molar-refractivity contribution in [1.82, 2.24) is 9.29 Å². The SMILES string of the molecule is CCS(=O)(=O)N(C)Cc1ccc2ccccc2n1. The molecule has 0 saturated carbocycles. The summed E-state index contributed by atoms with van der Waals surface area (Å²) in [5.74, 6) is 0.108. The lowest BCUT2D eigenvalue weighted by molar-refractivity contribution is 0.464. The van der Waals surface area contributed by atoms with Crippen LogP contribution in [0.2, 0.25) is 0 Å². The van der Waals surface area contributed by atoms with Crippen LogP contribution in [-0.4, -0.2) is 30.5 Å². The van der Waals surface area contributed by atoms with Gasteiger partial charge in [0.25, 0.3) is 0 Å². The molecule has 2 rings (SSSR count). The quantitative estimate of drug-likeness (QED) is 0.849. The van der Waals surface area contributed by atoms with E-state index in [1.807, 2.05) is 36.4 Å². The highest BCUT2D eigenvalue weighted by molar-refractivity contribution is 7.89. The van der Waals surface area contributed by atoms with Crippen molar-refractivity contribution in [3.63, 3.8) is 0 Å². The van der Waals surface area contributed by atoms with Crippen molar-refractivity contribution in [2.45, 2.75) is 13.5 Å². The zero-order chi connectivity index (χ0) is 13.2. The Morgan fingerprint density at radius 2 is 1.89 bits per heavy atom. The Kier molecular flexibility index (Phi) is 3.63. The second-order valence-corrected chi connectivity index (χ2v) is 6.52. The fourth-order valence-corrected chi connectivity index (χ4v) is 2.51. The molecule has 4 nitrogen and oxygen atoms in total. The number of sulfonamides is 1. The lowest BCUT2D eigenvalue weighted by Crippen LogP contribution is -2.28. The van der Waals surface area contributed by atoms with Gasteiger partial charge in [-0.05, 0) is 19.1 Å². The van der Waals surface area contributed by atoms with E-state index in [2.05, 4.69) is 4.98 Å². The summed E-state index contributed by atoms with van der Waals surface area (Å²) in [5, 5.41) is 1.06. The third-order valence-electron chi connectivity index (χ3n) is 2.88. The summed E-state index contributed by atoms with van der Waals surface area (Å²) in [7, 11) is -1.58. The van der Waals surface area contributed by atoms with E-state index < -0.39 is 10.0 Å². The summed E-state index contributed by atoms with van der Waals surface area (Å²) in [5.41, 5.74) is 1.64. The summed E-state index contributed by atoms with van der Waals surface area (Å²) >= 11 is 0. The first-order valence-electron chi connectivity index (χ1n) is 5.81. The Labute approximate surface area is 107 Å². The molecule has 0 spiro atoms. The van der Waals surface area contributed by atoms with Gasteiger partial charge in [-0.2, -0.15) is 4.31 Å². The van der Waals surface area contributed by atoms with Gasteiger partial charge in [0.2, 0.25) is 10.0 Å². The standard InChI is InChI=1S/C13H16N2O2S/c1-3-18(16,17)15(2)10-12-9-8-11-6-4-5-7-13(11)14-12/h4-9H,3,10H2,1-2H3. The van der Waals surface area contributed by atoms with E-state index in [0.717, 1.165) is 16.6 Å². The Morgan fingerprint density at radius 1 is 1.17 bits per heavy atom. The van der Waals surface area contributed by atoms with E-state index in [4.69, 9.17) is 0 Å². The van der Waals surface area contributed by atoms with Gasteiger partial charge >= 0.3 is 0 Å². The van der Waals surface area contributed by atoms with E-state index in [-0.39, 0.29) is 5.75 Å². The van der Waals surface area contributed by atoms with E-state index in [1.54, 1.807) is 14.0 Å². The number of para-hydroxylation sites is 1. The molecule has 2 aromatic rings. The maximum atomic E-state index is 11.7. The van der Waals surface area contributed by atoms with Crippen LogP contribution in [0.25, 0.3) is 10.9 Å². The summed E-state index contributed by atoms with van der Waals surface area (Å²) in [6.45, 7) is 1.95. The summed E-state index contributed by atoms with van der Waals surface area (Å²) in [6, 6.07) is 11.6. The van der Waals surface area contributed by atoms with Gasteiger partial charge in [-0.1, -0.05) is 24.3 Å². The van der Waals surface area contributed by atoms with Gasteiger partial charge in [0.05, 0.1) is 23.5 Å². The van der Waals surface area contributed by atoms with Gasteiger partial charge in [0, 0.05) is 12.4 Å². The minimum absolute atomic E-state index is 0.108. The van der Waals surface area contributed by atoms with Crippen molar-refractivity contribution in [2.75, 3.05) is 12.8 Å². The highest BCUT2D eigenvalue weighted by Crippen LogP contribution is 2.13. The lowest BCUT2D eigenvalue weighted by Gasteiger charge is -2.15. The topological polar surface area (TPSA) is 50.3 Å². The van der Waals surface area contributed by atoms with Crippen LogP contribution in [0, 0.1) is 0 Å². The normalized spacial score (nSPS) is 12.2. The number of hydrogen-bond acceptors (Lipinski definition) is 3. The summed E-state index contributed by atoms with van der Waals surface area (Å²) < 4.78 is 24.7. The highest BCUT2D eigenvalue weighted by atomic mass is 32.2. The minimum Gasteiger partial charge on any atom is -0.251 e. The zero-order valence-corrected chi connectivity index (χ0v) is 11.3. The second kappa shape index (κ2) is 5.04. The third-order valence-corrected chi connectivity index (χ3v) is 4.69. The van der Waals surface area contributed by atoms with Gasteiger partial charge in [-0.3, -0.25) is 4.98 Å². The van der Waals surface area contributed by atoms with E-state index >= 15 is 0 Å². The molecule has 1 aromatic carbocycles. The van der Waals surface area contributed by atoms with Gasteiger partial charge in [0.15, 0.2) is 0 Å². The monoisotopic (exact) mass is 264 g/mol. The number of pyridine rings is 1. The fraction of sp³-hybridized carbons (Fsp3) is 0.308. The van der Waals surface area contributed by atoms with Crippen molar-refractivity contribution >= 4 is 20.9 Å². The molecular weight excluding hydrogens is 248 g/mol. The molecule has 0 atom stereocenters. The number of aromatic nitrogens is 1. The first-order valence-corrected chi connectivity index (χ1v) is 7.42. The summed E-state index contributed by atoms with van der Waals surface area (Å²) in [6.07, 6.45) is 0. The van der Waals surface area contributed by atoms with Crippen molar-refractivity contribution < 1.29 is 8.42 Å².